The Morgan fingerprint density at radius 1 is 1.26 bits per heavy atom. The van der Waals surface area contributed by atoms with Gasteiger partial charge in [0.15, 0.2) is 11.0 Å². The van der Waals surface area contributed by atoms with E-state index in [1.54, 1.807) is 31.2 Å². The molecule has 2 rings (SSSR count). The number of rotatable bonds is 3. The number of fused-ring (bicyclic) bond motifs is 1. The second-order valence-electron chi connectivity index (χ2n) is 4.43. The van der Waals surface area contributed by atoms with Crippen molar-refractivity contribution in [2.24, 2.45) is 7.05 Å². The fraction of sp³-hybridized carbons (Fsp3) is 0.462. The Kier molecular flexibility index (Phi) is 6.14. The molecule has 6 nitrogen and oxygen atoms in total. The van der Waals surface area contributed by atoms with E-state index in [1.807, 2.05) is 0 Å². The minimum Gasteiger partial charge on any atom is -0.726 e. The third-order valence-electron chi connectivity index (χ3n) is 2.94. The standard InChI is InChI=1S/C11H12F3N2.C2H6O4S/c1-3-16-9-7-5-4-6-8(9)15(2)10(16)11(12,13)14;1-2-6-7(3,4)5/h4-7H,3H2,1-2H3;2H2,1H3,(H,3,4,5)/q+1;/p-1. The molecule has 0 saturated heterocycles. The highest BCUT2D eigenvalue weighted by Crippen LogP contribution is 2.29. The molecule has 1 aromatic heterocycles. The molecule has 0 bridgehead atoms. The molecule has 0 aliphatic carbocycles. The van der Waals surface area contributed by atoms with Crippen LogP contribution in [-0.2, 0) is 34.4 Å². The highest BCUT2D eigenvalue weighted by molar-refractivity contribution is 7.80. The highest BCUT2D eigenvalue weighted by Gasteiger charge is 2.45. The number of aryl methyl sites for hydroxylation is 2. The molecule has 0 amide bonds. The molecule has 0 atom stereocenters. The quantitative estimate of drug-likeness (QED) is 0.480. The number of aromatic nitrogens is 2. The minimum atomic E-state index is -4.42. The van der Waals surface area contributed by atoms with Gasteiger partial charge in [-0.15, -0.1) is 0 Å². The van der Waals surface area contributed by atoms with Crippen molar-refractivity contribution in [1.82, 2.24) is 4.57 Å². The van der Waals surface area contributed by atoms with Crippen LogP contribution >= 0.6 is 0 Å². The lowest BCUT2D eigenvalue weighted by Gasteiger charge is -2.03. The molecule has 23 heavy (non-hydrogen) atoms. The van der Waals surface area contributed by atoms with E-state index >= 15 is 0 Å². The number of hydrogen-bond donors (Lipinski definition) is 0. The first-order valence-corrected chi connectivity index (χ1v) is 8.01. The largest absolute Gasteiger partial charge is 0.726 e. The Balaban J connectivity index is 0.000000322. The maximum Gasteiger partial charge on any atom is 0.495 e. The summed E-state index contributed by atoms with van der Waals surface area (Å²) in [6.45, 7) is 3.35. The predicted molar refractivity (Wildman–Crippen MR) is 75.1 cm³/mol. The van der Waals surface area contributed by atoms with Crippen LogP contribution in [-0.4, -0.2) is 24.1 Å². The first kappa shape index (κ1) is 19.4. The van der Waals surface area contributed by atoms with Crippen LogP contribution in [0.5, 0.6) is 0 Å². The van der Waals surface area contributed by atoms with Gasteiger partial charge in [-0.05, 0) is 26.0 Å². The molecule has 0 fully saturated rings. The van der Waals surface area contributed by atoms with Crippen molar-refractivity contribution in [3.05, 3.63) is 30.1 Å². The maximum atomic E-state index is 12.9. The second-order valence-corrected chi connectivity index (χ2v) is 5.48. The fourth-order valence-corrected chi connectivity index (χ4v) is 2.48. The molecule has 10 heteroatoms. The van der Waals surface area contributed by atoms with Crippen molar-refractivity contribution in [2.45, 2.75) is 26.6 Å². The molecule has 0 aliphatic heterocycles. The molecule has 130 valence electrons. The predicted octanol–water partition coefficient (Wildman–Crippen LogP) is 1.99. The molecule has 0 N–H and O–H groups in total. The van der Waals surface area contributed by atoms with Gasteiger partial charge in [0.2, 0.25) is 10.4 Å². The van der Waals surface area contributed by atoms with Crippen LogP contribution in [0.25, 0.3) is 11.0 Å². The summed E-state index contributed by atoms with van der Waals surface area (Å²) < 4.78 is 73.2. The van der Waals surface area contributed by atoms with E-state index < -0.39 is 22.4 Å². The lowest BCUT2D eigenvalue weighted by molar-refractivity contribution is -0.667. The molecular formula is C13H17F3N2O4S. The molecule has 2 aromatic rings. The van der Waals surface area contributed by atoms with Gasteiger partial charge in [-0.25, -0.2) is 17.6 Å². The smallest absolute Gasteiger partial charge is 0.495 e. The number of benzene rings is 1. The maximum absolute atomic E-state index is 12.9. The van der Waals surface area contributed by atoms with E-state index in [-0.39, 0.29) is 6.61 Å². The van der Waals surface area contributed by atoms with Gasteiger partial charge in [0, 0.05) is 0 Å². The molecule has 1 aromatic carbocycles. The number of imidazole rings is 1. The van der Waals surface area contributed by atoms with E-state index in [0.717, 1.165) is 0 Å². The molecule has 0 spiro atoms. The number of para-hydroxylation sites is 2. The monoisotopic (exact) mass is 354 g/mol. The lowest BCUT2D eigenvalue weighted by atomic mass is 10.3. The summed E-state index contributed by atoms with van der Waals surface area (Å²) in [5, 5.41) is 0. The van der Waals surface area contributed by atoms with Gasteiger partial charge >= 0.3 is 12.0 Å². The summed E-state index contributed by atoms with van der Waals surface area (Å²) in [6.07, 6.45) is -4.33. The zero-order valence-electron chi connectivity index (χ0n) is 12.8. The van der Waals surface area contributed by atoms with Crippen LogP contribution in [0.3, 0.4) is 0 Å². The van der Waals surface area contributed by atoms with E-state index in [1.165, 1.54) is 23.1 Å². The second kappa shape index (κ2) is 7.28. The Morgan fingerprint density at radius 3 is 2.22 bits per heavy atom. The third-order valence-corrected chi connectivity index (χ3v) is 3.46. The van der Waals surface area contributed by atoms with Crippen molar-refractivity contribution in [3.8, 4) is 0 Å². The number of halogens is 3. The van der Waals surface area contributed by atoms with E-state index in [0.29, 0.717) is 17.6 Å². The molecule has 0 radical (unpaired) electrons. The Hall–Kier alpha value is -1.65. The van der Waals surface area contributed by atoms with Crippen LogP contribution in [0, 0.1) is 0 Å². The topological polar surface area (TPSA) is 75.2 Å². The van der Waals surface area contributed by atoms with Gasteiger partial charge in [0.05, 0.1) is 20.2 Å². The summed E-state index contributed by atoms with van der Waals surface area (Å²) in [6, 6.07) is 6.88. The van der Waals surface area contributed by atoms with Gasteiger partial charge in [-0.1, -0.05) is 12.1 Å². The normalized spacial score (nSPS) is 12.1. The fourth-order valence-electron chi connectivity index (χ4n) is 2.19. The van der Waals surface area contributed by atoms with Gasteiger partial charge in [-0.2, -0.15) is 13.2 Å². The zero-order chi connectivity index (χ0) is 17.8. The van der Waals surface area contributed by atoms with Gasteiger partial charge < -0.3 is 4.55 Å². The van der Waals surface area contributed by atoms with Crippen molar-refractivity contribution >= 4 is 21.4 Å². The average Bonchev–Trinajstić information content (AvgIpc) is 2.71. The van der Waals surface area contributed by atoms with Crippen molar-refractivity contribution in [2.75, 3.05) is 6.61 Å². The van der Waals surface area contributed by atoms with Gasteiger partial charge in [0.25, 0.3) is 0 Å². The minimum absolute atomic E-state index is 0.0914. The molecule has 0 unspecified atom stereocenters. The number of hydrogen-bond acceptors (Lipinski definition) is 4. The van der Waals surface area contributed by atoms with Crippen molar-refractivity contribution in [3.63, 3.8) is 0 Å². The van der Waals surface area contributed by atoms with E-state index in [9.17, 15) is 26.1 Å². The molecule has 0 saturated carbocycles. The summed E-state index contributed by atoms with van der Waals surface area (Å²) in [7, 11) is -2.98. The molecular weight excluding hydrogens is 337 g/mol. The summed E-state index contributed by atoms with van der Waals surface area (Å²) >= 11 is 0. The number of nitrogens with zero attached hydrogens (tertiary/aromatic N) is 2. The van der Waals surface area contributed by atoms with Crippen molar-refractivity contribution < 1.29 is 34.9 Å². The van der Waals surface area contributed by atoms with Crippen LogP contribution in [0.2, 0.25) is 0 Å². The lowest BCUT2D eigenvalue weighted by Crippen LogP contribution is -2.38. The first-order chi connectivity index (χ1) is 10.5. The van der Waals surface area contributed by atoms with Crippen LogP contribution in [0.1, 0.15) is 19.7 Å². The summed E-state index contributed by atoms with van der Waals surface area (Å²) in [4.78, 5) is 0. The van der Waals surface area contributed by atoms with Gasteiger partial charge in [-0.3, -0.25) is 4.18 Å². The first-order valence-electron chi connectivity index (χ1n) is 6.67. The highest BCUT2D eigenvalue weighted by atomic mass is 32.3. The van der Waals surface area contributed by atoms with Crippen LogP contribution in [0.4, 0.5) is 13.2 Å². The van der Waals surface area contributed by atoms with Crippen molar-refractivity contribution in [1.29, 1.82) is 0 Å². The van der Waals surface area contributed by atoms with Gasteiger partial charge in [0.1, 0.15) is 0 Å². The molecule has 1 heterocycles. The summed E-state index contributed by atoms with van der Waals surface area (Å²) in [5.74, 6) is -0.615. The SMILES string of the molecule is CCOS(=O)(=O)[O-].CCn1c(C(F)(F)F)[n+](C)c2ccccc21. The average molecular weight is 354 g/mol. The van der Waals surface area contributed by atoms with Crippen LogP contribution in [0.15, 0.2) is 24.3 Å². The van der Waals surface area contributed by atoms with Crippen LogP contribution < -0.4 is 4.57 Å². The Morgan fingerprint density at radius 2 is 1.83 bits per heavy atom. The Labute approximate surface area is 132 Å². The zero-order valence-corrected chi connectivity index (χ0v) is 13.6. The van der Waals surface area contributed by atoms with E-state index in [4.69, 9.17) is 0 Å². The summed E-state index contributed by atoms with van der Waals surface area (Å²) in [5.41, 5.74) is 1.21. The third kappa shape index (κ3) is 4.91. The number of alkyl halides is 3. The van der Waals surface area contributed by atoms with E-state index in [2.05, 4.69) is 4.18 Å². The molecule has 0 aliphatic rings. The Bertz CT molecular complexity index is 769.